The second kappa shape index (κ2) is 8.67. The van der Waals surface area contributed by atoms with Crippen molar-refractivity contribution in [2.45, 2.75) is 33.6 Å². The molecule has 0 aliphatic rings. The van der Waals surface area contributed by atoms with Crippen molar-refractivity contribution < 1.29 is 4.74 Å². The Morgan fingerprint density at radius 1 is 1.18 bits per heavy atom. The number of aromatic nitrogens is 6. The monoisotopic (exact) mass is 460 g/mol. The van der Waals surface area contributed by atoms with E-state index >= 15 is 0 Å². The standard InChI is InChI=1S/C24H24N6O2S/c1-4-7-20-26-14(3)21-23(31)28-22(29-30(20)21)16-12-15(9-10-19(16)32-5-2)18-13-33-24(27-18)17-8-6-11-25-17/h6,8-13,25H,4-5,7H2,1-3H3,(H,28,29,31). The highest BCUT2D eigenvalue weighted by Crippen LogP contribution is 2.34. The number of nitrogens with zero attached hydrogens (tertiary/aromatic N) is 4. The molecule has 5 rings (SSSR count). The van der Waals surface area contributed by atoms with Gasteiger partial charge in [-0.05, 0) is 50.6 Å². The van der Waals surface area contributed by atoms with Gasteiger partial charge in [-0.3, -0.25) is 4.79 Å². The van der Waals surface area contributed by atoms with Crippen LogP contribution in [-0.4, -0.2) is 36.2 Å². The Kier molecular flexibility index (Phi) is 5.55. The Bertz CT molecular complexity index is 1480. The van der Waals surface area contributed by atoms with E-state index in [0.29, 0.717) is 35.0 Å². The van der Waals surface area contributed by atoms with E-state index in [9.17, 15) is 4.79 Å². The maximum Gasteiger partial charge on any atom is 0.277 e. The van der Waals surface area contributed by atoms with Crippen LogP contribution in [0.25, 0.3) is 38.9 Å². The number of hydrogen-bond acceptors (Lipinski definition) is 6. The predicted molar refractivity (Wildman–Crippen MR) is 130 cm³/mol. The third-order valence-corrected chi connectivity index (χ3v) is 6.25. The van der Waals surface area contributed by atoms with Gasteiger partial charge < -0.3 is 14.7 Å². The molecule has 0 saturated carbocycles. The highest BCUT2D eigenvalue weighted by atomic mass is 32.1. The normalized spacial score (nSPS) is 11.4. The molecule has 0 radical (unpaired) electrons. The molecule has 4 heterocycles. The first-order valence-electron chi connectivity index (χ1n) is 10.9. The van der Waals surface area contributed by atoms with E-state index in [1.807, 2.05) is 55.8 Å². The second-order valence-electron chi connectivity index (χ2n) is 7.69. The first kappa shape index (κ1) is 21.1. The second-order valence-corrected chi connectivity index (χ2v) is 8.55. The molecule has 0 atom stereocenters. The van der Waals surface area contributed by atoms with E-state index in [2.05, 4.69) is 21.9 Å². The van der Waals surface area contributed by atoms with Gasteiger partial charge in [0.25, 0.3) is 5.56 Å². The van der Waals surface area contributed by atoms with Gasteiger partial charge in [0.1, 0.15) is 16.6 Å². The van der Waals surface area contributed by atoms with Crippen LogP contribution in [-0.2, 0) is 6.42 Å². The molecular formula is C24H24N6O2S. The summed E-state index contributed by atoms with van der Waals surface area (Å²) in [4.78, 5) is 28.4. The lowest BCUT2D eigenvalue weighted by Crippen LogP contribution is -2.16. The van der Waals surface area contributed by atoms with Crippen molar-refractivity contribution in [2.75, 3.05) is 6.61 Å². The van der Waals surface area contributed by atoms with Crippen LogP contribution in [0.5, 0.6) is 5.75 Å². The predicted octanol–water partition coefficient (Wildman–Crippen LogP) is 4.86. The van der Waals surface area contributed by atoms with Gasteiger partial charge >= 0.3 is 0 Å². The molecule has 0 aliphatic carbocycles. The molecule has 168 valence electrons. The fourth-order valence-electron chi connectivity index (χ4n) is 3.89. The number of aromatic amines is 2. The van der Waals surface area contributed by atoms with E-state index in [1.165, 1.54) is 0 Å². The first-order valence-corrected chi connectivity index (χ1v) is 11.8. The third-order valence-electron chi connectivity index (χ3n) is 5.38. The molecule has 1 aromatic carbocycles. The Balaban J connectivity index is 1.65. The highest BCUT2D eigenvalue weighted by molar-refractivity contribution is 7.13. The van der Waals surface area contributed by atoms with E-state index in [4.69, 9.17) is 14.8 Å². The van der Waals surface area contributed by atoms with E-state index in [1.54, 1.807) is 15.9 Å². The van der Waals surface area contributed by atoms with Crippen LogP contribution in [0.4, 0.5) is 0 Å². The van der Waals surface area contributed by atoms with Gasteiger partial charge in [0.2, 0.25) is 0 Å². The number of thiazole rings is 1. The number of ether oxygens (including phenoxy) is 1. The lowest BCUT2D eigenvalue weighted by molar-refractivity contribution is 0.341. The third kappa shape index (κ3) is 3.84. The average Bonchev–Trinajstić information content (AvgIpc) is 3.55. The summed E-state index contributed by atoms with van der Waals surface area (Å²) in [5, 5.41) is 7.70. The van der Waals surface area contributed by atoms with Crippen molar-refractivity contribution in [2.24, 2.45) is 0 Å². The number of rotatable bonds is 7. The zero-order chi connectivity index (χ0) is 22.9. The summed E-state index contributed by atoms with van der Waals surface area (Å²) >= 11 is 1.57. The zero-order valence-electron chi connectivity index (χ0n) is 18.7. The van der Waals surface area contributed by atoms with E-state index in [0.717, 1.165) is 40.6 Å². The van der Waals surface area contributed by atoms with E-state index < -0.39 is 0 Å². The largest absolute Gasteiger partial charge is 0.493 e. The summed E-state index contributed by atoms with van der Waals surface area (Å²) in [6.45, 7) is 6.34. The maximum atomic E-state index is 13.0. The molecule has 0 spiro atoms. The molecule has 0 amide bonds. The number of aryl methyl sites for hydroxylation is 2. The molecular weight excluding hydrogens is 436 g/mol. The van der Waals surface area contributed by atoms with Gasteiger partial charge in [-0.25, -0.2) is 14.5 Å². The maximum absolute atomic E-state index is 13.0. The summed E-state index contributed by atoms with van der Waals surface area (Å²) in [6.07, 6.45) is 3.53. The summed E-state index contributed by atoms with van der Waals surface area (Å²) in [5.41, 5.74) is 4.39. The zero-order valence-corrected chi connectivity index (χ0v) is 19.5. The smallest absolute Gasteiger partial charge is 0.277 e. The number of imidazole rings is 1. The van der Waals surface area contributed by atoms with Crippen molar-refractivity contribution in [1.82, 2.24) is 29.5 Å². The minimum Gasteiger partial charge on any atom is -0.493 e. The van der Waals surface area contributed by atoms with Gasteiger partial charge in [0.05, 0.1) is 29.3 Å². The number of H-pyrrole nitrogens is 2. The first-order chi connectivity index (χ1) is 16.1. The average molecular weight is 461 g/mol. The van der Waals surface area contributed by atoms with Gasteiger partial charge in [-0.15, -0.1) is 16.4 Å². The number of nitrogens with one attached hydrogen (secondary N) is 2. The van der Waals surface area contributed by atoms with Crippen LogP contribution in [0.2, 0.25) is 0 Å². The number of benzene rings is 1. The molecule has 0 bridgehead atoms. The fraction of sp³-hybridized carbons (Fsp3) is 0.250. The summed E-state index contributed by atoms with van der Waals surface area (Å²) in [7, 11) is 0. The lowest BCUT2D eigenvalue weighted by Gasteiger charge is -2.12. The summed E-state index contributed by atoms with van der Waals surface area (Å²) in [6, 6.07) is 9.79. The molecule has 0 fully saturated rings. The van der Waals surface area contributed by atoms with Gasteiger partial charge in [-0.2, -0.15) is 0 Å². The lowest BCUT2D eigenvalue weighted by atomic mass is 10.1. The SMILES string of the molecule is CCCc1nc(C)c2c(=O)[nH]c(-c3cc(-c4csc(-c5ccc[nH]5)n4)ccc3OCC)nn12. The highest BCUT2D eigenvalue weighted by Gasteiger charge is 2.18. The molecule has 0 saturated heterocycles. The summed E-state index contributed by atoms with van der Waals surface area (Å²) in [5.74, 6) is 1.87. The Hall–Kier alpha value is -3.72. The Labute approximate surface area is 194 Å². The Morgan fingerprint density at radius 3 is 2.82 bits per heavy atom. The van der Waals surface area contributed by atoms with Crippen LogP contribution < -0.4 is 10.3 Å². The molecule has 2 N–H and O–H groups in total. The number of fused-ring (bicyclic) bond motifs is 1. The van der Waals surface area contributed by atoms with Gasteiger partial charge in [0.15, 0.2) is 11.3 Å². The van der Waals surface area contributed by atoms with Crippen LogP contribution in [0.1, 0.15) is 31.8 Å². The van der Waals surface area contributed by atoms with Crippen LogP contribution in [0, 0.1) is 6.92 Å². The minimum absolute atomic E-state index is 0.220. The fourth-order valence-corrected chi connectivity index (χ4v) is 4.71. The van der Waals surface area contributed by atoms with Crippen molar-refractivity contribution in [3.05, 3.63) is 63.8 Å². The van der Waals surface area contributed by atoms with Gasteiger partial charge in [-0.1, -0.05) is 6.92 Å². The quantitative estimate of drug-likeness (QED) is 0.361. The van der Waals surface area contributed by atoms with Crippen molar-refractivity contribution in [3.8, 4) is 39.1 Å². The summed E-state index contributed by atoms with van der Waals surface area (Å²) < 4.78 is 7.54. The van der Waals surface area contributed by atoms with Crippen LogP contribution >= 0.6 is 11.3 Å². The van der Waals surface area contributed by atoms with Crippen LogP contribution in [0.15, 0.2) is 46.7 Å². The molecule has 8 nitrogen and oxygen atoms in total. The van der Waals surface area contributed by atoms with Crippen molar-refractivity contribution in [3.63, 3.8) is 0 Å². The molecule has 4 aromatic heterocycles. The molecule has 0 aliphatic heterocycles. The molecule has 33 heavy (non-hydrogen) atoms. The Morgan fingerprint density at radius 2 is 2.06 bits per heavy atom. The number of hydrogen-bond donors (Lipinski definition) is 2. The van der Waals surface area contributed by atoms with Gasteiger partial charge in [0, 0.05) is 23.6 Å². The van der Waals surface area contributed by atoms with Crippen LogP contribution in [0.3, 0.4) is 0 Å². The molecule has 0 unspecified atom stereocenters. The van der Waals surface area contributed by atoms with Crippen molar-refractivity contribution in [1.29, 1.82) is 0 Å². The van der Waals surface area contributed by atoms with E-state index in [-0.39, 0.29) is 5.56 Å². The topological polar surface area (TPSA) is 101 Å². The molecule has 9 heteroatoms. The van der Waals surface area contributed by atoms with Crippen molar-refractivity contribution >= 4 is 16.9 Å². The minimum atomic E-state index is -0.220. The molecule has 5 aromatic rings.